The summed E-state index contributed by atoms with van der Waals surface area (Å²) in [5.41, 5.74) is 7.70. The number of hydrogen-bond acceptors (Lipinski definition) is 4. The van der Waals surface area contributed by atoms with Crippen LogP contribution in [0, 0.1) is 0 Å². The molecule has 0 radical (unpaired) electrons. The first-order valence-electron chi connectivity index (χ1n) is 6.12. The van der Waals surface area contributed by atoms with E-state index in [2.05, 4.69) is 20.2 Å². The summed E-state index contributed by atoms with van der Waals surface area (Å²) in [5.74, 6) is 1.33. The fourth-order valence-corrected chi connectivity index (χ4v) is 3.19. The number of H-pyrrole nitrogens is 1. The summed E-state index contributed by atoms with van der Waals surface area (Å²) in [7, 11) is 0. The molecule has 1 saturated carbocycles. The van der Waals surface area contributed by atoms with Crippen LogP contribution in [0.5, 0.6) is 0 Å². The monoisotopic (exact) mass is 297 g/mol. The maximum Gasteiger partial charge on any atom is 0.223 e. The molecule has 2 unspecified atom stereocenters. The summed E-state index contributed by atoms with van der Waals surface area (Å²) in [6, 6.07) is 1.90. The predicted octanol–water partition coefficient (Wildman–Crippen LogP) is 3.14. The second-order valence-corrected chi connectivity index (χ2v) is 5.54. The van der Waals surface area contributed by atoms with Crippen LogP contribution in [-0.4, -0.2) is 20.2 Å². The van der Waals surface area contributed by atoms with E-state index in [1.165, 1.54) is 0 Å². The highest BCUT2D eigenvalue weighted by molar-refractivity contribution is 6.32. The minimum atomic E-state index is 0.185. The highest BCUT2D eigenvalue weighted by Crippen LogP contribution is 2.44. The number of anilines is 1. The Hall–Kier alpha value is -1.33. The molecule has 0 amide bonds. The molecular weight excluding hydrogens is 285 g/mol. The van der Waals surface area contributed by atoms with Gasteiger partial charge in [0.1, 0.15) is 11.0 Å². The number of nitrogens with zero attached hydrogens (tertiary/aromatic N) is 3. The first-order valence-corrected chi connectivity index (χ1v) is 6.88. The van der Waals surface area contributed by atoms with Crippen molar-refractivity contribution in [1.29, 1.82) is 0 Å². The smallest absolute Gasteiger partial charge is 0.223 e. The number of nitrogens with one attached hydrogen (secondary N) is 1. The molecule has 5 nitrogen and oxygen atoms in total. The summed E-state index contributed by atoms with van der Waals surface area (Å²) in [6.45, 7) is 0. The van der Waals surface area contributed by atoms with Gasteiger partial charge in [-0.1, -0.05) is 11.6 Å². The van der Waals surface area contributed by atoms with E-state index >= 15 is 0 Å². The van der Waals surface area contributed by atoms with Crippen molar-refractivity contribution in [3.63, 3.8) is 0 Å². The SMILES string of the molecule is Nc1cc(C2CCC(c3cnc(Cl)nc3Cl)C2)[nH]n1. The molecule has 2 atom stereocenters. The largest absolute Gasteiger partial charge is 0.382 e. The van der Waals surface area contributed by atoms with Gasteiger partial charge in [0.15, 0.2) is 0 Å². The van der Waals surface area contributed by atoms with Crippen molar-refractivity contribution in [2.24, 2.45) is 0 Å². The number of hydrogen-bond donors (Lipinski definition) is 2. The lowest BCUT2D eigenvalue weighted by atomic mass is 9.97. The van der Waals surface area contributed by atoms with E-state index < -0.39 is 0 Å². The standard InChI is InChI=1S/C12H13Cl2N5/c13-11-8(5-16-12(14)17-11)6-1-2-7(3-6)9-4-10(15)19-18-9/h4-7H,1-3H2,(H3,15,18,19). The van der Waals surface area contributed by atoms with Crippen LogP contribution in [0.1, 0.15) is 42.4 Å². The van der Waals surface area contributed by atoms with Crippen LogP contribution >= 0.6 is 23.2 Å². The van der Waals surface area contributed by atoms with Crippen molar-refractivity contribution in [3.05, 3.63) is 34.0 Å². The van der Waals surface area contributed by atoms with Crippen LogP contribution in [0.2, 0.25) is 10.4 Å². The average molecular weight is 298 g/mol. The van der Waals surface area contributed by atoms with Gasteiger partial charge in [-0.2, -0.15) is 5.10 Å². The minimum absolute atomic E-state index is 0.185. The van der Waals surface area contributed by atoms with Crippen LogP contribution in [0.3, 0.4) is 0 Å². The lowest BCUT2D eigenvalue weighted by molar-refractivity contribution is 0.664. The highest BCUT2D eigenvalue weighted by Gasteiger charge is 2.30. The van der Waals surface area contributed by atoms with Gasteiger partial charge in [-0.15, -0.1) is 0 Å². The van der Waals surface area contributed by atoms with E-state index in [1.807, 2.05) is 6.07 Å². The molecule has 0 saturated heterocycles. The predicted molar refractivity (Wildman–Crippen MR) is 74.4 cm³/mol. The third kappa shape index (κ3) is 2.53. The van der Waals surface area contributed by atoms with Crippen molar-refractivity contribution in [2.45, 2.75) is 31.1 Å². The Morgan fingerprint density at radius 3 is 2.74 bits per heavy atom. The zero-order valence-electron chi connectivity index (χ0n) is 10.1. The molecule has 19 heavy (non-hydrogen) atoms. The number of nitrogens with two attached hydrogens (primary N) is 1. The summed E-state index contributed by atoms with van der Waals surface area (Å²) >= 11 is 11.8. The van der Waals surface area contributed by atoms with Crippen molar-refractivity contribution in [3.8, 4) is 0 Å². The minimum Gasteiger partial charge on any atom is -0.382 e. The van der Waals surface area contributed by atoms with Gasteiger partial charge in [-0.05, 0) is 36.8 Å². The van der Waals surface area contributed by atoms with Crippen molar-refractivity contribution in [2.75, 3.05) is 5.73 Å². The Kier molecular flexibility index (Phi) is 3.33. The van der Waals surface area contributed by atoms with E-state index in [9.17, 15) is 0 Å². The third-order valence-corrected chi connectivity index (χ3v) is 4.15. The quantitative estimate of drug-likeness (QED) is 0.659. The zero-order chi connectivity index (χ0) is 13.4. The third-order valence-electron chi connectivity index (χ3n) is 3.67. The molecule has 3 rings (SSSR count). The molecule has 1 fully saturated rings. The number of nitrogen functional groups attached to an aromatic ring is 1. The van der Waals surface area contributed by atoms with Gasteiger partial charge in [-0.25, -0.2) is 9.97 Å². The molecular formula is C12H13Cl2N5. The van der Waals surface area contributed by atoms with Gasteiger partial charge in [0, 0.05) is 29.4 Å². The lowest BCUT2D eigenvalue weighted by Gasteiger charge is -2.11. The van der Waals surface area contributed by atoms with E-state index in [4.69, 9.17) is 28.9 Å². The van der Waals surface area contributed by atoms with Crippen LogP contribution < -0.4 is 5.73 Å². The first kappa shape index (κ1) is 12.7. The maximum atomic E-state index is 6.13. The second-order valence-electron chi connectivity index (χ2n) is 4.84. The first-order chi connectivity index (χ1) is 9.13. The van der Waals surface area contributed by atoms with Gasteiger partial charge in [0.25, 0.3) is 0 Å². The van der Waals surface area contributed by atoms with E-state index in [-0.39, 0.29) is 5.28 Å². The van der Waals surface area contributed by atoms with Gasteiger partial charge in [0.05, 0.1) is 0 Å². The fourth-order valence-electron chi connectivity index (χ4n) is 2.73. The Balaban J connectivity index is 1.78. The van der Waals surface area contributed by atoms with Gasteiger partial charge < -0.3 is 5.73 Å². The normalized spacial score (nSPS) is 22.8. The number of aromatic amines is 1. The van der Waals surface area contributed by atoms with E-state index in [0.717, 1.165) is 30.5 Å². The molecule has 100 valence electrons. The van der Waals surface area contributed by atoms with Gasteiger partial charge >= 0.3 is 0 Å². The molecule has 0 spiro atoms. The number of aromatic nitrogens is 4. The lowest BCUT2D eigenvalue weighted by Crippen LogP contribution is -1.99. The number of rotatable bonds is 2. The van der Waals surface area contributed by atoms with Crippen LogP contribution in [0.4, 0.5) is 5.82 Å². The Morgan fingerprint density at radius 1 is 1.26 bits per heavy atom. The summed E-state index contributed by atoms with van der Waals surface area (Å²) in [4.78, 5) is 8.02. The Bertz CT molecular complexity index is 598. The Labute approximate surface area is 120 Å². The molecule has 7 heteroatoms. The molecule has 2 aromatic rings. The molecule has 0 bridgehead atoms. The topological polar surface area (TPSA) is 80.5 Å². The van der Waals surface area contributed by atoms with Crippen molar-refractivity contribution >= 4 is 29.0 Å². The highest BCUT2D eigenvalue weighted by atomic mass is 35.5. The van der Waals surface area contributed by atoms with E-state index in [0.29, 0.717) is 22.8 Å². The average Bonchev–Trinajstić information content (AvgIpc) is 2.97. The van der Waals surface area contributed by atoms with Crippen LogP contribution in [0.15, 0.2) is 12.3 Å². The van der Waals surface area contributed by atoms with Gasteiger partial charge in [-0.3, -0.25) is 5.10 Å². The fraction of sp³-hybridized carbons (Fsp3) is 0.417. The summed E-state index contributed by atoms with van der Waals surface area (Å²) < 4.78 is 0. The van der Waals surface area contributed by atoms with Crippen molar-refractivity contribution < 1.29 is 0 Å². The van der Waals surface area contributed by atoms with Crippen molar-refractivity contribution in [1.82, 2.24) is 20.2 Å². The summed E-state index contributed by atoms with van der Waals surface area (Å²) in [6.07, 6.45) is 4.85. The molecule has 1 aliphatic rings. The summed E-state index contributed by atoms with van der Waals surface area (Å²) in [5, 5.41) is 7.59. The number of halogens is 2. The van der Waals surface area contributed by atoms with E-state index in [1.54, 1.807) is 6.20 Å². The van der Waals surface area contributed by atoms with Crippen LogP contribution in [-0.2, 0) is 0 Å². The second kappa shape index (κ2) is 4.98. The molecule has 2 heterocycles. The van der Waals surface area contributed by atoms with Crippen LogP contribution in [0.25, 0.3) is 0 Å². The molecule has 1 aliphatic carbocycles. The molecule has 0 aromatic carbocycles. The zero-order valence-corrected chi connectivity index (χ0v) is 11.6. The maximum absolute atomic E-state index is 6.13. The van der Waals surface area contributed by atoms with Gasteiger partial charge in [0.2, 0.25) is 5.28 Å². The Morgan fingerprint density at radius 2 is 2.05 bits per heavy atom. The molecule has 0 aliphatic heterocycles. The molecule has 2 aromatic heterocycles. The molecule has 3 N–H and O–H groups in total.